The summed E-state index contributed by atoms with van der Waals surface area (Å²) in [7, 11) is 3.34. The third-order valence-corrected chi connectivity index (χ3v) is 3.86. The maximum atomic E-state index is 13.0. The monoisotopic (exact) mass is 390 g/mol. The number of carbonyl (C=O) groups excluding carboxylic acids is 1. The molecular formula is C18H17F3N6O. The third-order valence-electron chi connectivity index (χ3n) is 3.86. The smallest absolute Gasteiger partial charge is 0.376 e. The third kappa shape index (κ3) is 4.22. The Hall–Kier alpha value is -3.56. The van der Waals surface area contributed by atoms with Crippen molar-refractivity contribution in [3.05, 3.63) is 54.4 Å². The lowest BCUT2D eigenvalue weighted by Crippen LogP contribution is -2.22. The summed E-state index contributed by atoms with van der Waals surface area (Å²) in [5, 5.41) is 11.7. The zero-order chi connectivity index (χ0) is 20.3. The van der Waals surface area contributed by atoms with Crippen LogP contribution in [0, 0.1) is 0 Å². The minimum atomic E-state index is -4.52. The molecule has 0 aliphatic rings. The Morgan fingerprint density at radius 1 is 1.11 bits per heavy atom. The Balaban J connectivity index is 1.84. The summed E-state index contributed by atoms with van der Waals surface area (Å²) >= 11 is 0. The van der Waals surface area contributed by atoms with Gasteiger partial charge in [0.15, 0.2) is 0 Å². The van der Waals surface area contributed by atoms with E-state index in [-0.39, 0.29) is 5.69 Å². The number of anilines is 3. The molecule has 0 spiro atoms. The number of H-pyrrole nitrogens is 1. The first-order valence-corrected chi connectivity index (χ1v) is 8.17. The molecule has 2 heterocycles. The van der Waals surface area contributed by atoms with Gasteiger partial charge in [0.05, 0.1) is 34.5 Å². The minimum absolute atomic E-state index is 0.0280. The van der Waals surface area contributed by atoms with Crippen molar-refractivity contribution in [1.82, 2.24) is 15.2 Å². The van der Waals surface area contributed by atoms with Crippen LogP contribution in [-0.4, -0.2) is 35.3 Å². The average molecular weight is 390 g/mol. The van der Waals surface area contributed by atoms with E-state index in [1.54, 1.807) is 43.4 Å². The maximum absolute atomic E-state index is 13.0. The first kappa shape index (κ1) is 19.2. The molecular weight excluding hydrogens is 373 g/mol. The zero-order valence-corrected chi connectivity index (χ0v) is 15.0. The number of hydrogen-bond donors (Lipinski definition) is 3. The molecule has 0 unspecified atom stereocenters. The molecule has 2 aromatic heterocycles. The number of pyridine rings is 1. The van der Waals surface area contributed by atoms with Gasteiger partial charge in [-0.25, -0.2) is 4.79 Å². The van der Waals surface area contributed by atoms with Gasteiger partial charge in [-0.2, -0.15) is 18.3 Å². The average Bonchev–Trinajstić information content (AvgIpc) is 3.09. The molecule has 0 saturated carbocycles. The molecule has 1 aromatic carbocycles. The molecule has 3 N–H and O–H groups in total. The first-order chi connectivity index (χ1) is 13.3. The van der Waals surface area contributed by atoms with Crippen molar-refractivity contribution in [1.29, 1.82) is 0 Å². The molecule has 7 nitrogen and oxygen atoms in total. The van der Waals surface area contributed by atoms with Crippen molar-refractivity contribution in [3.63, 3.8) is 0 Å². The van der Waals surface area contributed by atoms with Gasteiger partial charge >= 0.3 is 12.2 Å². The van der Waals surface area contributed by atoms with Crippen LogP contribution in [0.4, 0.5) is 35.0 Å². The van der Waals surface area contributed by atoms with Crippen molar-refractivity contribution in [2.75, 3.05) is 29.6 Å². The number of aromatic amines is 1. The van der Waals surface area contributed by atoms with E-state index in [2.05, 4.69) is 25.8 Å². The fourth-order valence-corrected chi connectivity index (χ4v) is 2.57. The van der Waals surface area contributed by atoms with Gasteiger partial charge in [0.2, 0.25) is 0 Å². The van der Waals surface area contributed by atoms with Gasteiger partial charge in [0.25, 0.3) is 0 Å². The van der Waals surface area contributed by atoms with E-state index >= 15 is 0 Å². The molecule has 3 aromatic rings. The summed E-state index contributed by atoms with van der Waals surface area (Å²) in [5.74, 6) is 0. The van der Waals surface area contributed by atoms with E-state index in [4.69, 9.17) is 0 Å². The summed E-state index contributed by atoms with van der Waals surface area (Å²) in [6.07, 6.45) is -1.54. The van der Waals surface area contributed by atoms with Crippen LogP contribution in [0.3, 0.4) is 0 Å². The van der Waals surface area contributed by atoms with Crippen LogP contribution in [0.2, 0.25) is 0 Å². The number of aromatic nitrogens is 3. The van der Waals surface area contributed by atoms with Gasteiger partial charge in [0.1, 0.15) is 5.69 Å². The standard InChI is InChI=1S/C18H17F3N6O/c1-27(2)15-7-6-11(18(19,20)21)9-13(15)24-17(28)25-14-10-23-26-16(14)12-5-3-4-8-22-12/h3-10H,1-2H3,(H,23,26)(H2,24,25,28). The summed E-state index contributed by atoms with van der Waals surface area (Å²) in [5.41, 5.74) is 0.983. The number of carbonyl (C=O) groups is 1. The number of nitrogens with one attached hydrogen (secondary N) is 3. The van der Waals surface area contributed by atoms with Crippen LogP contribution >= 0.6 is 0 Å². The van der Waals surface area contributed by atoms with Crippen LogP contribution in [0.1, 0.15) is 5.56 Å². The van der Waals surface area contributed by atoms with E-state index in [9.17, 15) is 18.0 Å². The lowest BCUT2D eigenvalue weighted by Gasteiger charge is -2.20. The van der Waals surface area contributed by atoms with Gasteiger partial charge in [0, 0.05) is 20.3 Å². The second kappa shape index (κ2) is 7.59. The number of nitrogens with zero attached hydrogens (tertiary/aromatic N) is 3. The van der Waals surface area contributed by atoms with Crippen molar-refractivity contribution < 1.29 is 18.0 Å². The second-order valence-corrected chi connectivity index (χ2v) is 6.08. The normalized spacial score (nSPS) is 11.2. The fourth-order valence-electron chi connectivity index (χ4n) is 2.57. The summed E-state index contributed by atoms with van der Waals surface area (Å²) in [6, 6.07) is 7.71. The van der Waals surface area contributed by atoms with Gasteiger partial charge in [-0.05, 0) is 30.3 Å². The largest absolute Gasteiger partial charge is 0.416 e. The number of amides is 2. The number of benzene rings is 1. The first-order valence-electron chi connectivity index (χ1n) is 8.17. The number of alkyl halides is 3. The second-order valence-electron chi connectivity index (χ2n) is 6.08. The van der Waals surface area contributed by atoms with Gasteiger partial charge in [-0.15, -0.1) is 0 Å². The molecule has 0 fully saturated rings. The summed E-state index contributed by atoms with van der Waals surface area (Å²) in [4.78, 5) is 18.2. The molecule has 0 aliphatic carbocycles. The Morgan fingerprint density at radius 2 is 1.86 bits per heavy atom. The molecule has 28 heavy (non-hydrogen) atoms. The Morgan fingerprint density at radius 3 is 2.50 bits per heavy atom. The predicted octanol–water partition coefficient (Wildman–Crippen LogP) is 4.20. The van der Waals surface area contributed by atoms with E-state index in [0.29, 0.717) is 22.8 Å². The topological polar surface area (TPSA) is 85.9 Å². The molecule has 146 valence electrons. The number of hydrogen-bond acceptors (Lipinski definition) is 4. The zero-order valence-electron chi connectivity index (χ0n) is 15.0. The SMILES string of the molecule is CN(C)c1ccc(C(F)(F)F)cc1NC(=O)Nc1cn[nH]c1-c1ccccn1. The van der Waals surface area contributed by atoms with E-state index < -0.39 is 17.8 Å². The fraction of sp³-hybridized carbons (Fsp3) is 0.167. The van der Waals surface area contributed by atoms with Crippen LogP contribution in [0.25, 0.3) is 11.4 Å². The lowest BCUT2D eigenvalue weighted by molar-refractivity contribution is -0.137. The van der Waals surface area contributed by atoms with E-state index in [1.807, 2.05) is 0 Å². The molecule has 0 atom stereocenters. The highest BCUT2D eigenvalue weighted by Gasteiger charge is 2.31. The molecule has 0 aliphatic heterocycles. The van der Waals surface area contributed by atoms with Crippen LogP contribution in [0.5, 0.6) is 0 Å². The quantitative estimate of drug-likeness (QED) is 0.623. The lowest BCUT2D eigenvalue weighted by atomic mass is 10.1. The molecule has 3 rings (SSSR count). The van der Waals surface area contributed by atoms with Crippen molar-refractivity contribution >= 4 is 23.1 Å². The van der Waals surface area contributed by atoms with Gasteiger partial charge in [-0.3, -0.25) is 10.1 Å². The molecule has 0 radical (unpaired) electrons. The van der Waals surface area contributed by atoms with Crippen molar-refractivity contribution in [3.8, 4) is 11.4 Å². The summed E-state index contributed by atoms with van der Waals surface area (Å²) in [6.45, 7) is 0. The van der Waals surface area contributed by atoms with Crippen molar-refractivity contribution in [2.24, 2.45) is 0 Å². The maximum Gasteiger partial charge on any atom is 0.416 e. The van der Waals surface area contributed by atoms with E-state index in [0.717, 1.165) is 12.1 Å². The van der Waals surface area contributed by atoms with Gasteiger partial charge < -0.3 is 15.5 Å². The number of halogens is 3. The Kier molecular flexibility index (Phi) is 5.21. The molecule has 2 amide bonds. The Labute approximate surface area is 158 Å². The van der Waals surface area contributed by atoms with E-state index in [1.165, 1.54) is 12.3 Å². The molecule has 0 bridgehead atoms. The van der Waals surface area contributed by atoms with Crippen LogP contribution in [-0.2, 0) is 6.18 Å². The minimum Gasteiger partial charge on any atom is -0.376 e. The number of urea groups is 1. The Bertz CT molecular complexity index is 969. The van der Waals surface area contributed by atoms with Gasteiger partial charge in [-0.1, -0.05) is 6.07 Å². The molecule has 10 heteroatoms. The highest BCUT2D eigenvalue weighted by atomic mass is 19.4. The van der Waals surface area contributed by atoms with Crippen LogP contribution in [0.15, 0.2) is 48.8 Å². The highest BCUT2D eigenvalue weighted by Crippen LogP contribution is 2.35. The van der Waals surface area contributed by atoms with Crippen LogP contribution < -0.4 is 15.5 Å². The highest BCUT2D eigenvalue weighted by molar-refractivity contribution is 6.03. The van der Waals surface area contributed by atoms with Crippen molar-refractivity contribution in [2.45, 2.75) is 6.18 Å². The molecule has 0 saturated heterocycles. The number of rotatable bonds is 4. The summed E-state index contributed by atoms with van der Waals surface area (Å²) < 4.78 is 39.1. The predicted molar refractivity (Wildman–Crippen MR) is 100 cm³/mol.